The highest BCUT2D eigenvalue weighted by Gasteiger charge is 2.55. The summed E-state index contributed by atoms with van der Waals surface area (Å²) in [5, 5.41) is 2.78. The van der Waals surface area contributed by atoms with Crippen molar-refractivity contribution in [1.82, 2.24) is 10.2 Å². The molecule has 78 valence electrons. The lowest BCUT2D eigenvalue weighted by Gasteiger charge is -2.33. The lowest BCUT2D eigenvalue weighted by Crippen LogP contribution is -2.47. The van der Waals surface area contributed by atoms with Gasteiger partial charge in [-0.15, -0.1) is 0 Å². The van der Waals surface area contributed by atoms with Crippen LogP contribution in [0.1, 0.15) is 6.42 Å². The van der Waals surface area contributed by atoms with Gasteiger partial charge in [0.15, 0.2) is 0 Å². The van der Waals surface area contributed by atoms with E-state index in [2.05, 4.69) is 5.32 Å². The minimum atomic E-state index is -4.10. The van der Waals surface area contributed by atoms with E-state index in [9.17, 15) is 13.2 Å². The summed E-state index contributed by atoms with van der Waals surface area (Å²) in [6.45, 7) is 0.589. The van der Waals surface area contributed by atoms with Crippen LogP contribution in [0.15, 0.2) is 0 Å². The number of nitrogens with zero attached hydrogens (tertiary/aromatic N) is 1. The molecule has 1 aliphatic rings. The van der Waals surface area contributed by atoms with Gasteiger partial charge in [-0.1, -0.05) is 0 Å². The zero-order valence-corrected chi connectivity index (χ0v) is 7.91. The van der Waals surface area contributed by atoms with Crippen molar-refractivity contribution in [2.45, 2.75) is 12.6 Å². The normalized spacial score (nSPS) is 30.0. The molecule has 2 nitrogen and oxygen atoms in total. The zero-order valence-electron chi connectivity index (χ0n) is 7.91. The fourth-order valence-corrected chi connectivity index (χ4v) is 1.82. The largest absolute Gasteiger partial charge is 0.396 e. The summed E-state index contributed by atoms with van der Waals surface area (Å²) < 4.78 is 38.1. The van der Waals surface area contributed by atoms with E-state index in [1.54, 1.807) is 19.0 Å². The lowest BCUT2D eigenvalue weighted by atomic mass is 9.86. The molecule has 0 radical (unpaired) electrons. The maximum Gasteiger partial charge on any atom is 0.396 e. The minimum absolute atomic E-state index is 0.0503. The molecule has 0 aromatic heterocycles. The Balaban J connectivity index is 2.75. The van der Waals surface area contributed by atoms with Gasteiger partial charge in [-0.05, 0) is 27.1 Å². The fraction of sp³-hybridized carbons (Fsp3) is 1.00. The molecule has 1 atom stereocenters. The minimum Gasteiger partial charge on any atom is -0.316 e. The quantitative estimate of drug-likeness (QED) is 0.711. The number of nitrogens with one attached hydrogen (secondary N) is 1. The molecule has 13 heavy (non-hydrogen) atoms. The van der Waals surface area contributed by atoms with Crippen molar-refractivity contribution in [3.8, 4) is 0 Å². The second-order valence-corrected chi connectivity index (χ2v) is 3.94. The van der Waals surface area contributed by atoms with Crippen LogP contribution in [0, 0.1) is 5.41 Å². The highest BCUT2D eigenvalue weighted by atomic mass is 19.4. The van der Waals surface area contributed by atoms with Crippen LogP contribution in [0.2, 0.25) is 0 Å². The van der Waals surface area contributed by atoms with Crippen LogP contribution < -0.4 is 5.32 Å². The molecule has 1 aliphatic heterocycles. The van der Waals surface area contributed by atoms with Gasteiger partial charge in [0.25, 0.3) is 0 Å². The van der Waals surface area contributed by atoms with Crippen LogP contribution in [0.25, 0.3) is 0 Å². The predicted octanol–water partition coefficient (Wildman–Crippen LogP) is 1.09. The smallest absolute Gasteiger partial charge is 0.316 e. The van der Waals surface area contributed by atoms with Crippen molar-refractivity contribution in [2.75, 3.05) is 33.7 Å². The number of alkyl halides is 3. The summed E-state index contributed by atoms with van der Waals surface area (Å²) in [6.07, 6.45) is -3.91. The summed E-state index contributed by atoms with van der Waals surface area (Å²) in [4.78, 5) is 1.60. The number of halogens is 3. The van der Waals surface area contributed by atoms with Crippen LogP contribution in [0.5, 0.6) is 0 Å². The molecular formula is C8H15F3N2. The van der Waals surface area contributed by atoms with Crippen molar-refractivity contribution in [1.29, 1.82) is 0 Å². The highest BCUT2D eigenvalue weighted by molar-refractivity contribution is 4.95. The van der Waals surface area contributed by atoms with Gasteiger partial charge in [0, 0.05) is 13.1 Å². The van der Waals surface area contributed by atoms with E-state index in [1.807, 2.05) is 0 Å². The first-order chi connectivity index (χ1) is 5.87. The van der Waals surface area contributed by atoms with Gasteiger partial charge >= 0.3 is 6.18 Å². The van der Waals surface area contributed by atoms with Crippen LogP contribution >= 0.6 is 0 Å². The molecule has 5 heteroatoms. The third-order valence-electron chi connectivity index (χ3n) is 2.46. The van der Waals surface area contributed by atoms with Crippen LogP contribution in [0.3, 0.4) is 0 Å². The Kier molecular flexibility index (Phi) is 2.87. The average molecular weight is 196 g/mol. The summed E-state index contributed by atoms with van der Waals surface area (Å²) in [7, 11) is 3.34. The molecule has 0 amide bonds. The SMILES string of the molecule is CN(C)CC1(C(F)(F)F)CCNC1. The number of rotatable bonds is 2. The van der Waals surface area contributed by atoms with E-state index < -0.39 is 11.6 Å². The molecule has 1 heterocycles. The zero-order chi connectivity index (χ0) is 10.1. The van der Waals surface area contributed by atoms with Gasteiger partial charge in [0.1, 0.15) is 0 Å². The van der Waals surface area contributed by atoms with Gasteiger partial charge < -0.3 is 10.2 Å². The second kappa shape index (κ2) is 3.46. The van der Waals surface area contributed by atoms with E-state index in [0.717, 1.165) is 0 Å². The Labute approximate surface area is 76.1 Å². The first-order valence-electron chi connectivity index (χ1n) is 4.30. The van der Waals surface area contributed by atoms with Crippen LogP contribution in [-0.4, -0.2) is 44.8 Å². The average Bonchev–Trinajstić information content (AvgIpc) is 2.33. The maximum atomic E-state index is 12.7. The van der Waals surface area contributed by atoms with E-state index in [1.165, 1.54) is 0 Å². The molecule has 0 saturated carbocycles. The van der Waals surface area contributed by atoms with Crippen molar-refractivity contribution in [3.63, 3.8) is 0 Å². The Hall–Kier alpha value is -0.290. The van der Waals surface area contributed by atoms with Gasteiger partial charge in [-0.3, -0.25) is 0 Å². The molecule has 1 saturated heterocycles. The summed E-state index contributed by atoms with van der Waals surface area (Å²) in [6, 6.07) is 0. The molecule has 0 aromatic carbocycles. The summed E-state index contributed by atoms with van der Waals surface area (Å²) in [5.74, 6) is 0. The Morgan fingerprint density at radius 1 is 1.38 bits per heavy atom. The maximum absolute atomic E-state index is 12.7. The third kappa shape index (κ3) is 2.14. The fourth-order valence-electron chi connectivity index (χ4n) is 1.82. The molecular weight excluding hydrogens is 181 g/mol. The van der Waals surface area contributed by atoms with E-state index in [4.69, 9.17) is 0 Å². The standard InChI is InChI=1S/C8H15F3N2/c1-13(2)6-7(8(9,10)11)3-4-12-5-7/h12H,3-6H2,1-2H3. The van der Waals surface area contributed by atoms with Crippen molar-refractivity contribution < 1.29 is 13.2 Å². The predicted molar refractivity (Wildman–Crippen MR) is 44.5 cm³/mol. The van der Waals surface area contributed by atoms with Crippen LogP contribution in [0.4, 0.5) is 13.2 Å². The van der Waals surface area contributed by atoms with Crippen molar-refractivity contribution in [3.05, 3.63) is 0 Å². The highest BCUT2D eigenvalue weighted by Crippen LogP contribution is 2.43. The van der Waals surface area contributed by atoms with Crippen molar-refractivity contribution >= 4 is 0 Å². The van der Waals surface area contributed by atoms with E-state index in [0.29, 0.717) is 6.54 Å². The van der Waals surface area contributed by atoms with Gasteiger partial charge in [0.2, 0.25) is 0 Å². The van der Waals surface area contributed by atoms with E-state index in [-0.39, 0.29) is 19.5 Å². The number of hydrogen-bond acceptors (Lipinski definition) is 2. The van der Waals surface area contributed by atoms with Gasteiger partial charge in [-0.2, -0.15) is 13.2 Å². The van der Waals surface area contributed by atoms with Gasteiger partial charge in [-0.25, -0.2) is 0 Å². The second-order valence-electron chi connectivity index (χ2n) is 3.94. The Bertz CT molecular complexity index is 171. The molecule has 0 aromatic rings. The first-order valence-corrected chi connectivity index (χ1v) is 4.30. The van der Waals surface area contributed by atoms with E-state index >= 15 is 0 Å². The Morgan fingerprint density at radius 2 is 2.00 bits per heavy atom. The molecule has 0 bridgehead atoms. The summed E-state index contributed by atoms with van der Waals surface area (Å²) in [5.41, 5.74) is -1.53. The molecule has 1 unspecified atom stereocenters. The molecule has 0 spiro atoms. The lowest BCUT2D eigenvalue weighted by molar-refractivity contribution is -0.220. The van der Waals surface area contributed by atoms with Crippen LogP contribution in [-0.2, 0) is 0 Å². The molecule has 1 rings (SSSR count). The first kappa shape index (κ1) is 10.8. The topological polar surface area (TPSA) is 15.3 Å². The molecule has 1 N–H and O–H groups in total. The van der Waals surface area contributed by atoms with Crippen molar-refractivity contribution in [2.24, 2.45) is 5.41 Å². The van der Waals surface area contributed by atoms with Gasteiger partial charge in [0.05, 0.1) is 5.41 Å². The summed E-state index contributed by atoms with van der Waals surface area (Å²) >= 11 is 0. The Morgan fingerprint density at radius 3 is 2.31 bits per heavy atom. The molecule has 1 fully saturated rings. The monoisotopic (exact) mass is 196 g/mol. The third-order valence-corrected chi connectivity index (χ3v) is 2.46. The number of hydrogen-bond donors (Lipinski definition) is 1. The molecule has 0 aliphatic carbocycles.